The number of nitrogens with one attached hydrogen (secondary N) is 2. The highest BCUT2D eigenvalue weighted by Crippen LogP contribution is 2.14. The van der Waals surface area contributed by atoms with Gasteiger partial charge in [0.25, 0.3) is 0 Å². The van der Waals surface area contributed by atoms with Crippen LogP contribution in [0.3, 0.4) is 0 Å². The maximum Gasteiger partial charge on any atom is 0.220 e. The molecule has 20 heavy (non-hydrogen) atoms. The molecule has 2 aromatic heterocycles. The van der Waals surface area contributed by atoms with Crippen molar-refractivity contribution in [1.82, 2.24) is 30.3 Å². The molecule has 0 saturated carbocycles. The van der Waals surface area contributed by atoms with Crippen molar-refractivity contribution >= 4 is 5.91 Å². The second-order valence-corrected chi connectivity index (χ2v) is 4.57. The van der Waals surface area contributed by atoms with Crippen LogP contribution < -0.4 is 5.32 Å². The lowest BCUT2D eigenvalue weighted by atomic mass is 10.1. The predicted octanol–water partition coefficient (Wildman–Crippen LogP) is 1.22. The lowest BCUT2D eigenvalue weighted by Crippen LogP contribution is -2.30. The van der Waals surface area contributed by atoms with Crippen molar-refractivity contribution in [3.63, 3.8) is 0 Å². The Morgan fingerprint density at radius 3 is 3.00 bits per heavy atom. The standard InChI is InChI=1S/C13H20N6O/c1-3-11(13-14-9-17-19(13)4-2)18-12(20)6-5-10-7-15-16-8-10/h7-9,11H,3-6H2,1-2H3,(H,15,16)(H,18,20)/t11-/m0/s1. The fraction of sp³-hybridized carbons (Fsp3) is 0.538. The minimum atomic E-state index is -0.0886. The Hall–Kier alpha value is -2.18. The van der Waals surface area contributed by atoms with Crippen molar-refractivity contribution in [3.8, 4) is 0 Å². The number of hydrogen-bond acceptors (Lipinski definition) is 4. The molecule has 0 unspecified atom stereocenters. The lowest BCUT2D eigenvalue weighted by molar-refractivity contribution is -0.121. The summed E-state index contributed by atoms with van der Waals surface area (Å²) < 4.78 is 1.81. The molecule has 0 saturated heterocycles. The van der Waals surface area contributed by atoms with Gasteiger partial charge in [-0.25, -0.2) is 9.67 Å². The lowest BCUT2D eigenvalue weighted by Gasteiger charge is -2.16. The van der Waals surface area contributed by atoms with E-state index in [9.17, 15) is 4.79 Å². The zero-order valence-electron chi connectivity index (χ0n) is 11.8. The van der Waals surface area contributed by atoms with Crippen LogP contribution in [0.5, 0.6) is 0 Å². The maximum atomic E-state index is 12.0. The Bertz CT molecular complexity index is 533. The number of hydrogen-bond donors (Lipinski definition) is 2. The summed E-state index contributed by atoms with van der Waals surface area (Å²) in [5.74, 6) is 0.829. The Kier molecular flexibility index (Phi) is 4.86. The van der Waals surface area contributed by atoms with Crippen molar-refractivity contribution < 1.29 is 4.79 Å². The van der Waals surface area contributed by atoms with Crippen LogP contribution in [-0.2, 0) is 17.8 Å². The third-order valence-electron chi connectivity index (χ3n) is 3.20. The third-order valence-corrected chi connectivity index (χ3v) is 3.20. The maximum absolute atomic E-state index is 12.0. The summed E-state index contributed by atoms with van der Waals surface area (Å²) >= 11 is 0. The van der Waals surface area contributed by atoms with Gasteiger partial charge < -0.3 is 5.32 Å². The molecule has 0 spiro atoms. The largest absolute Gasteiger partial charge is 0.346 e. The number of H-pyrrole nitrogens is 1. The van der Waals surface area contributed by atoms with E-state index in [0.717, 1.165) is 24.4 Å². The highest BCUT2D eigenvalue weighted by Gasteiger charge is 2.17. The molecule has 0 aliphatic carbocycles. The molecule has 0 radical (unpaired) electrons. The number of nitrogens with zero attached hydrogens (tertiary/aromatic N) is 4. The van der Waals surface area contributed by atoms with E-state index in [0.29, 0.717) is 12.8 Å². The minimum Gasteiger partial charge on any atom is -0.346 e. The van der Waals surface area contributed by atoms with E-state index in [-0.39, 0.29) is 11.9 Å². The van der Waals surface area contributed by atoms with E-state index >= 15 is 0 Å². The van der Waals surface area contributed by atoms with E-state index in [2.05, 4.69) is 25.6 Å². The zero-order chi connectivity index (χ0) is 14.4. The van der Waals surface area contributed by atoms with Crippen molar-refractivity contribution in [2.24, 2.45) is 0 Å². The van der Waals surface area contributed by atoms with Gasteiger partial charge in [0.1, 0.15) is 12.2 Å². The molecular weight excluding hydrogens is 256 g/mol. The highest BCUT2D eigenvalue weighted by atomic mass is 16.1. The van der Waals surface area contributed by atoms with Crippen LogP contribution in [-0.4, -0.2) is 30.9 Å². The van der Waals surface area contributed by atoms with Crippen LogP contribution >= 0.6 is 0 Å². The van der Waals surface area contributed by atoms with Gasteiger partial charge in [-0.05, 0) is 25.3 Å². The van der Waals surface area contributed by atoms with Gasteiger partial charge in [0.05, 0.1) is 12.2 Å². The van der Waals surface area contributed by atoms with Crippen molar-refractivity contribution in [1.29, 1.82) is 0 Å². The summed E-state index contributed by atoms with van der Waals surface area (Å²) in [5.41, 5.74) is 1.03. The van der Waals surface area contributed by atoms with Crippen LogP contribution in [0, 0.1) is 0 Å². The Morgan fingerprint density at radius 2 is 2.35 bits per heavy atom. The van der Waals surface area contributed by atoms with Gasteiger partial charge in [-0.3, -0.25) is 9.89 Å². The van der Waals surface area contributed by atoms with E-state index in [1.165, 1.54) is 6.33 Å². The van der Waals surface area contributed by atoms with Crippen LogP contribution in [0.15, 0.2) is 18.7 Å². The molecule has 0 bridgehead atoms. The number of carbonyl (C=O) groups excluding carboxylic acids is 1. The summed E-state index contributed by atoms with van der Waals surface area (Å²) in [7, 11) is 0. The van der Waals surface area contributed by atoms with Gasteiger partial charge >= 0.3 is 0 Å². The Balaban J connectivity index is 1.91. The molecule has 7 heteroatoms. The molecule has 0 aliphatic heterocycles. The van der Waals surface area contributed by atoms with Gasteiger partial charge in [-0.2, -0.15) is 10.2 Å². The quantitative estimate of drug-likeness (QED) is 0.796. The number of aryl methyl sites for hydroxylation is 2. The molecule has 0 aromatic carbocycles. The first kappa shape index (κ1) is 14.2. The Labute approximate surface area is 117 Å². The van der Waals surface area contributed by atoms with Crippen molar-refractivity contribution in [3.05, 3.63) is 30.1 Å². The van der Waals surface area contributed by atoms with Gasteiger partial charge in [-0.15, -0.1) is 0 Å². The zero-order valence-corrected chi connectivity index (χ0v) is 11.8. The fourth-order valence-electron chi connectivity index (χ4n) is 2.07. The van der Waals surface area contributed by atoms with Crippen LogP contribution in [0.1, 0.15) is 44.1 Å². The second kappa shape index (κ2) is 6.83. The number of amides is 1. The first-order valence-corrected chi connectivity index (χ1v) is 6.89. The number of aromatic nitrogens is 5. The fourth-order valence-corrected chi connectivity index (χ4v) is 2.07. The summed E-state index contributed by atoms with van der Waals surface area (Å²) in [6.07, 6.45) is 6.97. The van der Waals surface area contributed by atoms with E-state index in [1.807, 2.05) is 18.5 Å². The summed E-state index contributed by atoms with van der Waals surface area (Å²) in [6.45, 7) is 4.78. The van der Waals surface area contributed by atoms with Crippen LogP contribution in [0.4, 0.5) is 0 Å². The molecule has 0 fully saturated rings. The smallest absolute Gasteiger partial charge is 0.220 e. The first-order valence-electron chi connectivity index (χ1n) is 6.89. The summed E-state index contributed by atoms with van der Waals surface area (Å²) in [5, 5.41) is 13.8. The van der Waals surface area contributed by atoms with Crippen molar-refractivity contribution in [2.45, 2.75) is 45.7 Å². The Morgan fingerprint density at radius 1 is 1.50 bits per heavy atom. The topological polar surface area (TPSA) is 88.5 Å². The van der Waals surface area contributed by atoms with Crippen LogP contribution in [0.25, 0.3) is 0 Å². The van der Waals surface area contributed by atoms with Gasteiger partial charge in [-0.1, -0.05) is 6.92 Å². The first-order chi connectivity index (χ1) is 9.74. The molecule has 2 heterocycles. The molecule has 2 aromatic rings. The summed E-state index contributed by atoms with van der Waals surface area (Å²) in [4.78, 5) is 16.2. The van der Waals surface area contributed by atoms with Crippen LogP contribution in [0.2, 0.25) is 0 Å². The number of carbonyl (C=O) groups is 1. The SMILES string of the molecule is CC[C@H](NC(=O)CCc1cn[nH]c1)c1ncnn1CC. The summed E-state index contributed by atoms with van der Waals surface area (Å²) in [6, 6.07) is -0.0886. The van der Waals surface area contributed by atoms with Gasteiger partial charge in [0, 0.05) is 19.2 Å². The molecule has 2 rings (SSSR count). The average Bonchev–Trinajstić information content (AvgIpc) is 3.13. The number of aromatic amines is 1. The molecule has 7 nitrogen and oxygen atoms in total. The third kappa shape index (κ3) is 3.43. The molecule has 2 N–H and O–H groups in total. The monoisotopic (exact) mass is 276 g/mol. The predicted molar refractivity (Wildman–Crippen MR) is 73.8 cm³/mol. The van der Waals surface area contributed by atoms with Gasteiger partial charge in [0.2, 0.25) is 5.91 Å². The minimum absolute atomic E-state index is 0.0173. The molecular formula is C13H20N6O. The van der Waals surface area contributed by atoms with Gasteiger partial charge in [0.15, 0.2) is 0 Å². The highest BCUT2D eigenvalue weighted by molar-refractivity contribution is 5.76. The number of rotatable bonds is 7. The second-order valence-electron chi connectivity index (χ2n) is 4.57. The van der Waals surface area contributed by atoms with Crippen molar-refractivity contribution in [2.75, 3.05) is 0 Å². The normalized spacial score (nSPS) is 12.3. The van der Waals surface area contributed by atoms with E-state index < -0.39 is 0 Å². The van der Waals surface area contributed by atoms with E-state index in [4.69, 9.17) is 0 Å². The average molecular weight is 276 g/mol. The molecule has 1 amide bonds. The molecule has 1 atom stereocenters. The van der Waals surface area contributed by atoms with E-state index in [1.54, 1.807) is 12.4 Å². The molecule has 108 valence electrons. The molecule has 0 aliphatic rings.